The molecule has 0 saturated carbocycles. The van der Waals surface area contributed by atoms with Gasteiger partial charge in [0, 0.05) is 18.2 Å². The zero-order valence-corrected chi connectivity index (χ0v) is 23.4. The van der Waals surface area contributed by atoms with Crippen molar-refractivity contribution in [2.24, 2.45) is 0 Å². The Labute approximate surface area is 249 Å². The summed E-state index contributed by atoms with van der Waals surface area (Å²) in [5, 5.41) is 0. The molecule has 0 bridgehead atoms. The maximum Gasteiger partial charge on any atom is 0.343 e. The second kappa shape index (κ2) is 18.0. The summed E-state index contributed by atoms with van der Waals surface area (Å²) in [5.41, 5.74) is 0.258. The highest BCUT2D eigenvalue weighted by molar-refractivity contribution is 5.91. The van der Waals surface area contributed by atoms with E-state index in [9.17, 15) is 19.2 Å². The van der Waals surface area contributed by atoms with Gasteiger partial charge in [0.2, 0.25) is 0 Å². The van der Waals surface area contributed by atoms with Crippen molar-refractivity contribution in [1.29, 1.82) is 0 Å². The number of benzene rings is 2. The lowest BCUT2D eigenvalue weighted by atomic mass is 10.2. The van der Waals surface area contributed by atoms with Crippen LogP contribution in [-0.2, 0) is 33.3 Å². The number of hydrogen-bond acceptors (Lipinski definition) is 11. The van der Waals surface area contributed by atoms with Gasteiger partial charge < -0.3 is 33.2 Å². The quantitative estimate of drug-likeness (QED) is 0.0577. The highest BCUT2D eigenvalue weighted by Gasteiger charge is 2.18. The molecule has 0 aliphatic carbocycles. The molecule has 11 heteroatoms. The minimum Gasteiger partial charge on any atom is -0.490 e. The molecular weight excluding hydrogens is 560 g/mol. The maximum atomic E-state index is 12.6. The number of ether oxygens (including phenoxy) is 7. The van der Waals surface area contributed by atoms with Crippen LogP contribution in [0.5, 0.6) is 17.2 Å². The van der Waals surface area contributed by atoms with Gasteiger partial charge in [0.1, 0.15) is 49.4 Å². The fraction of sp³-hybridized carbons (Fsp3) is 0.188. The van der Waals surface area contributed by atoms with Crippen LogP contribution in [0.3, 0.4) is 0 Å². The van der Waals surface area contributed by atoms with Gasteiger partial charge in [0.15, 0.2) is 12.2 Å². The molecule has 0 aliphatic rings. The van der Waals surface area contributed by atoms with Gasteiger partial charge in [-0.2, -0.15) is 0 Å². The van der Waals surface area contributed by atoms with Gasteiger partial charge >= 0.3 is 23.9 Å². The highest BCUT2D eigenvalue weighted by Crippen LogP contribution is 2.20. The van der Waals surface area contributed by atoms with Crippen molar-refractivity contribution in [3.63, 3.8) is 0 Å². The Balaban J connectivity index is 1.90. The molecule has 11 nitrogen and oxygen atoms in total. The predicted octanol–water partition coefficient (Wildman–Crippen LogP) is 4.30. The van der Waals surface area contributed by atoms with Crippen LogP contribution in [0.15, 0.2) is 111 Å². The number of hydrogen-bond donors (Lipinski definition) is 0. The molecule has 2 unspecified atom stereocenters. The van der Waals surface area contributed by atoms with Gasteiger partial charge in [0.25, 0.3) is 0 Å². The molecule has 2 aromatic rings. The van der Waals surface area contributed by atoms with Crippen LogP contribution in [0.2, 0.25) is 0 Å². The van der Waals surface area contributed by atoms with Crippen LogP contribution < -0.4 is 14.2 Å². The third-order valence-corrected chi connectivity index (χ3v) is 5.16. The fourth-order valence-electron chi connectivity index (χ4n) is 2.99. The van der Waals surface area contributed by atoms with E-state index in [1.165, 1.54) is 30.3 Å². The molecule has 2 rings (SSSR count). The Hall–Kier alpha value is -5.58. The Kier molecular flexibility index (Phi) is 14.1. The average Bonchev–Trinajstić information content (AvgIpc) is 3.03. The van der Waals surface area contributed by atoms with E-state index < -0.39 is 36.1 Å². The van der Waals surface area contributed by atoms with Crippen LogP contribution in [0.25, 0.3) is 0 Å². The molecule has 0 saturated heterocycles. The summed E-state index contributed by atoms with van der Waals surface area (Å²) in [6, 6.07) is 12.3. The van der Waals surface area contributed by atoms with Crippen molar-refractivity contribution < 1.29 is 52.3 Å². The first kappa shape index (κ1) is 33.6. The fourth-order valence-corrected chi connectivity index (χ4v) is 2.99. The zero-order chi connectivity index (χ0) is 31.6. The lowest BCUT2D eigenvalue weighted by Crippen LogP contribution is -2.30. The SMILES string of the molecule is C=CC(=C)OCC(COc1ccc(C(=O)Oc2ccc(OCC(COC(=O)C=C)OC(=O)C=C)cc2)cc1)OC(=O)C=C. The molecule has 0 aliphatic heterocycles. The number of allylic oxidation sites excluding steroid dienone is 1. The van der Waals surface area contributed by atoms with Crippen molar-refractivity contribution in [3.8, 4) is 17.2 Å². The lowest BCUT2D eigenvalue weighted by molar-refractivity contribution is -0.154. The molecule has 0 N–H and O–H groups in total. The minimum atomic E-state index is -0.891. The second-order valence-corrected chi connectivity index (χ2v) is 8.35. The molecule has 43 heavy (non-hydrogen) atoms. The summed E-state index contributed by atoms with van der Waals surface area (Å²) in [7, 11) is 0. The monoisotopic (exact) mass is 592 g/mol. The van der Waals surface area contributed by atoms with Gasteiger partial charge in [-0.25, -0.2) is 19.2 Å². The van der Waals surface area contributed by atoms with E-state index in [0.717, 1.165) is 18.2 Å². The van der Waals surface area contributed by atoms with Crippen molar-refractivity contribution in [2.45, 2.75) is 12.2 Å². The molecule has 0 heterocycles. The second-order valence-electron chi connectivity index (χ2n) is 8.35. The first-order chi connectivity index (χ1) is 20.7. The van der Waals surface area contributed by atoms with Crippen LogP contribution in [0.1, 0.15) is 10.4 Å². The van der Waals surface area contributed by atoms with Crippen molar-refractivity contribution >= 4 is 23.9 Å². The molecule has 0 amide bonds. The van der Waals surface area contributed by atoms with Crippen molar-refractivity contribution in [1.82, 2.24) is 0 Å². The molecule has 0 radical (unpaired) electrons. The Morgan fingerprint density at radius 2 is 1.02 bits per heavy atom. The molecule has 0 fully saturated rings. The molecule has 0 aromatic heterocycles. The third kappa shape index (κ3) is 12.6. The van der Waals surface area contributed by atoms with Gasteiger partial charge in [-0.05, 0) is 54.6 Å². The molecule has 2 aromatic carbocycles. The Morgan fingerprint density at radius 3 is 1.49 bits per heavy atom. The van der Waals surface area contributed by atoms with Crippen LogP contribution in [0, 0.1) is 0 Å². The summed E-state index contributed by atoms with van der Waals surface area (Å²) >= 11 is 0. The van der Waals surface area contributed by atoms with Gasteiger partial charge in [-0.3, -0.25) is 0 Å². The Bertz CT molecular complexity index is 1310. The normalized spacial score (nSPS) is 11.3. The van der Waals surface area contributed by atoms with Gasteiger partial charge in [-0.15, -0.1) is 0 Å². The Morgan fingerprint density at radius 1 is 0.581 bits per heavy atom. The number of rotatable bonds is 19. The molecule has 2 atom stereocenters. The largest absolute Gasteiger partial charge is 0.490 e. The van der Waals surface area contributed by atoms with Crippen molar-refractivity contribution in [3.05, 3.63) is 117 Å². The average molecular weight is 593 g/mol. The first-order valence-corrected chi connectivity index (χ1v) is 12.7. The van der Waals surface area contributed by atoms with Gasteiger partial charge in [0.05, 0.1) is 5.56 Å². The van der Waals surface area contributed by atoms with E-state index in [1.54, 1.807) is 24.3 Å². The molecule has 0 spiro atoms. The van der Waals surface area contributed by atoms with E-state index in [4.69, 9.17) is 33.2 Å². The highest BCUT2D eigenvalue weighted by atomic mass is 16.6. The van der Waals surface area contributed by atoms with E-state index in [-0.39, 0.29) is 37.7 Å². The van der Waals surface area contributed by atoms with E-state index in [0.29, 0.717) is 17.3 Å². The summed E-state index contributed by atoms with van der Waals surface area (Å²) in [6.45, 7) is 16.8. The molecular formula is C32H32O11. The topological polar surface area (TPSA) is 133 Å². The number of carbonyl (C=O) groups excluding carboxylic acids is 4. The van der Waals surface area contributed by atoms with E-state index in [2.05, 4.69) is 32.9 Å². The summed E-state index contributed by atoms with van der Waals surface area (Å²) < 4.78 is 37.3. The lowest BCUT2D eigenvalue weighted by Gasteiger charge is -2.18. The van der Waals surface area contributed by atoms with Crippen LogP contribution in [0.4, 0.5) is 0 Å². The molecule has 226 valence electrons. The maximum absolute atomic E-state index is 12.6. The van der Waals surface area contributed by atoms with Gasteiger partial charge in [-0.1, -0.05) is 32.9 Å². The van der Waals surface area contributed by atoms with Crippen molar-refractivity contribution in [2.75, 3.05) is 26.4 Å². The minimum absolute atomic E-state index is 0.00677. The van der Waals surface area contributed by atoms with E-state index in [1.807, 2.05) is 0 Å². The first-order valence-electron chi connectivity index (χ1n) is 12.7. The van der Waals surface area contributed by atoms with E-state index >= 15 is 0 Å². The summed E-state index contributed by atoms with van der Waals surface area (Å²) in [6.07, 6.45) is 2.77. The van der Waals surface area contributed by atoms with Crippen LogP contribution in [-0.4, -0.2) is 62.5 Å². The summed E-state index contributed by atoms with van der Waals surface area (Å²) in [5.74, 6) is -1.27. The summed E-state index contributed by atoms with van der Waals surface area (Å²) in [4.78, 5) is 47.1. The zero-order valence-electron chi connectivity index (χ0n) is 23.4. The number of carbonyl (C=O) groups is 4. The van der Waals surface area contributed by atoms with Crippen LogP contribution >= 0.6 is 0 Å². The predicted molar refractivity (Wildman–Crippen MR) is 155 cm³/mol. The number of esters is 4. The smallest absolute Gasteiger partial charge is 0.343 e. The third-order valence-electron chi connectivity index (χ3n) is 5.16. The standard InChI is InChI=1S/C32H32O11/c1-6-22(5)37-18-27(41-30(34)8-3)19-38-24-12-10-23(11-13-24)32(36)43-26-16-14-25(15-17-26)39-20-28(42-31(35)9-4)21-40-29(33)7-2/h6-17,27-28H,1-5,18-21H2.